The number of aromatic nitrogens is 1. The molecule has 0 unspecified atom stereocenters. The molecule has 3 heterocycles. The number of aromatic amines is 1. The smallest absolute Gasteiger partial charge is 0.327 e. The molecule has 2 saturated heterocycles. The molecule has 32 heavy (non-hydrogen) atoms. The van der Waals surface area contributed by atoms with E-state index in [1.165, 1.54) is 15.8 Å². The standard InChI is InChI=1S/C25H28N4O3/c1-27-24(31)29(16-18-7-9-20(32-2)10-8-18)23(30)25(27)11-13-28(14-12-25)17-19-15-26-22-6-4-3-5-21(19)22/h3-10,15,26H,11-14,16-17H2,1-2H3. The second kappa shape index (κ2) is 7.98. The largest absolute Gasteiger partial charge is 0.497 e. The fraction of sp³-hybridized carbons (Fsp3) is 0.360. The quantitative estimate of drug-likeness (QED) is 0.626. The Morgan fingerprint density at radius 1 is 1.00 bits per heavy atom. The molecule has 0 radical (unpaired) electrons. The molecule has 2 aromatic carbocycles. The van der Waals surface area contributed by atoms with Crippen molar-refractivity contribution >= 4 is 22.8 Å². The number of carbonyl (C=O) groups is 2. The van der Waals surface area contributed by atoms with Crippen LogP contribution in [0.1, 0.15) is 24.0 Å². The number of nitrogens with zero attached hydrogens (tertiary/aromatic N) is 3. The Kier molecular flexibility index (Phi) is 5.13. The predicted octanol–water partition coefficient (Wildman–Crippen LogP) is 3.61. The van der Waals surface area contributed by atoms with E-state index in [0.29, 0.717) is 12.8 Å². The van der Waals surface area contributed by atoms with Gasteiger partial charge in [0.2, 0.25) is 0 Å². The number of carbonyl (C=O) groups excluding carboxylic acids is 2. The van der Waals surface area contributed by atoms with Crippen molar-refractivity contribution in [2.24, 2.45) is 0 Å². The van der Waals surface area contributed by atoms with E-state index >= 15 is 0 Å². The van der Waals surface area contributed by atoms with Crippen molar-refractivity contribution in [3.63, 3.8) is 0 Å². The number of nitrogens with one attached hydrogen (secondary N) is 1. The van der Waals surface area contributed by atoms with Gasteiger partial charge in [-0.1, -0.05) is 30.3 Å². The van der Waals surface area contributed by atoms with E-state index in [-0.39, 0.29) is 18.5 Å². The number of ether oxygens (including phenoxy) is 1. The van der Waals surface area contributed by atoms with Gasteiger partial charge in [0.1, 0.15) is 11.3 Å². The number of likely N-dealkylation sites (tertiary alicyclic amines) is 1. The first-order valence-electron chi connectivity index (χ1n) is 11.0. The maximum absolute atomic E-state index is 13.4. The van der Waals surface area contributed by atoms with E-state index in [2.05, 4.69) is 34.3 Å². The van der Waals surface area contributed by atoms with Crippen LogP contribution in [0.25, 0.3) is 10.9 Å². The van der Waals surface area contributed by atoms with Crippen LogP contribution >= 0.6 is 0 Å². The van der Waals surface area contributed by atoms with E-state index in [1.54, 1.807) is 19.1 Å². The van der Waals surface area contributed by atoms with Crippen LogP contribution in [0, 0.1) is 0 Å². The van der Waals surface area contributed by atoms with Crippen LogP contribution in [0.2, 0.25) is 0 Å². The Morgan fingerprint density at radius 3 is 2.44 bits per heavy atom. The van der Waals surface area contributed by atoms with Crippen LogP contribution in [0.3, 0.4) is 0 Å². The zero-order valence-corrected chi connectivity index (χ0v) is 18.5. The molecule has 1 N–H and O–H groups in total. The van der Waals surface area contributed by atoms with Gasteiger partial charge in [-0.25, -0.2) is 4.79 Å². The summed E-state index contributed by atoms with van der Waals surface area (Å²) in [5, 5.41) is 1.24. The lowest BCUT2D eigenvalue weighted by atomic mass is 9.86. The van der Waals surface area contributed by atoms with Gasteiger partial charge in [0.15, 0.2) is 0 Å². The highest BCUT2D eigenvalue weighted by atomic mass is 16.5. The monoisotopic (exact) mass is 432 g/mol. The Labute approximate surface area is 187 Å². The van der Waals surface area contributed by atoms with Gasteiger partial charge < -0.3 is 14.6 Å². The van der Waals surface area contributed by atoms with E-state index in [1.807, 2.05) is 30.3 Å². The number of hydrogen-bond acceptors (Lipinski definition) is 4. The zero-order chi connectivity index (χ0) is 22.3. The fourth-order valence-corrected chi connectivity index (χ4v) is 5.03. The number of rotatable bonds is 5. The number of benzene rings is 2. The number of imide groups is 1. The van der Waals surface area contributed by atoms with Crippen molar-refractivity contribution in [2.45, 2.75) is 31.5 Å². The minimum atomic E-state index is -0.736. The van der Waals surface area contributed by atoms with Gasteiger partial charge in [-0.15, -0.1) is 0 Å². The molecule has 5 rings (SSSR count). The first-order chi connectivity index (χ1) is 15.5. The van der Waals surface area contributed by atoms with Gasteiger partial charge >= 0.3 is 6.03 Å². The molecule has 2 aliphatic rings. The van der Waals surface area contributed by atoms with Crippen LogP contribution in [-0.4, -0.2) is 64.4 Å². The number of likely N-dealkylation sites (N-methyl/N-ethyl adjacent to an activating group) is 1. The molecule has 0 bridgehead atoms. The fourth-order valence-electron chi connectivity index (χ4n) is 5.03. The van der Waals surface area contributed by atoms with Crippen molar-refractivity contribution in [3.8, 4) is 5.75 Å². The summed E-state index contributed by atoms with van der Waals surface area (Å²) in [6, 6.07) is 15.6. The summed E-state index contributed by atoms with van der Waals surface area (Å²) in [6.07, 6.45) is 3.37. The van der Waals surface area contributed by atoms with Gasteiger partial charge in [-0.05, 0) is 42.2 Å². The second-order valence-corrected chi connectivity index (χ2v) is 8.75. The highest BCUT2D eigenvalue weighted by Crippen LogP contribution is 2.37. The van der Waals surface area contributed by atoms with Crippen LogP contribution in [-0.2, 0) is 17.9 Å². The Hall–Kier alpha value is -3.32. The van der Waals surface area contributed by atoms with Crippen molar-refractivity contribution in [3.05, 3.63) is 65.9 Å². The highest BCUT2D eigenvalue weighted by molar-refractivity contribution is 6.07. The third-order valence-electron chi connectivity index (χ3n) is 7.05. The molecule has 0 atom stereocenters. The van der Waals surface area contributed by atoms with Crippen LogP contribution in [0.15, 0.2) is 54.7 Å². The van der Waals surface area contributed by atoms with Crippen LogP contribution < -0.4 is 4.74 Å². The number of H-pyrrole nitrogens is 1. The van der Waals surface area contributed by atoms with Gasteiger partial charge in [-0.3, -0.25) is 14.6 Å². The molecule has 2 fully saturated rings. The maximum atomic E-state index is 13.4. The van der Waals surface area contributed by atoms with Crippen molar-refractivity contribution < 1.29 is 14.3 Å². The molecular weight excluding hydrogens is 404 g/mol. The normalized spacial score (nSPS) is 18.8. The molecule has 3 aromatic rings. The number of para-hydroxylation sites is 1. The topological polar surface area (TPSA) is 68.9 Å². The number of fused-ring (bicyclic) bond motifs is 1. The van der Waals surface area contributed by atoms with E-state index < -0.39 is 5.54 Å². The molecule has 166 valence electrons. The molecule has 2 aliphatic heterocycles. The maximum Gasteiger partial charge on any atom is 0.327 e. The highest BCUT2D eigenvalue weighted by Gasteiger charge is 2.56. The molecule has 3 amide bonds. The van der Waals surface area contributed by atoms with Crippen molar-refractivity contribution in [1.29, 1.82) is 0 Å². The van der Waals surface area contributed by atoms with Gasteiger partial charge in [0.25, 0.3) is 5.91 Å². The lowest BCUT2D eigenvalue weighted by molar-refractivity contribution is -0.135. The third-order valence-corrected chi connectivity index (χ3v) is 7.05. The summed E-state index contributed by atoms with van der Waals surface area (Å²) in [6.45, 7) is 2.67. The number of piperidine rings is 1. The minimum absolute atomic E-state index is 0.0763. The number of hydrogen-bond donors (Lipinski definition) is 1. The van der Waals surface area contributed by atoms with Crippen molar-refractivity contribution in [2.75, 3.05) is 27.2 Å². The number of urea groups is 1. The van der Waals surface area contributed by atoms with Crippen molar-refractivity contribution in [1.82, 2.24) is 19.7 Å². The van der Waals surface area contributed by atoms with E-state index in [0.717, 1.165) is 36.5 Å². The third kappa shape index (κ3) is 3.33. The van der Waals surface area contributed by atoms with Crippen LogP contribution in [0.5, 0.6) is 5.75 Å². The number of amides is 3. The molecule has 7 heteroatoms. The summed E-state index contributed by atoms with van der Waals surface area (Å²) >= 11 is 0. The summed E-state index contributed by atoms with van der Waals surface area (Å²) in [5.74, 6) is 0.677. The zero-order valence-electron chi connectivity index (χ0n) is 18.5. The minimum Gasteiger partial charge on any atom is -0.497 e. The van der Waals surface area contributed by atoms with E-state index in [4.69, 9.17) is 4.74 Å². The Balaban J connectivity index is 1.28. The molecule has 1 spiro atoms. The molecule has 0 saturated carbocycles. The molecule has 7 nitrogen and oxygen atoms in total. The molecule has 1 aromatic heterocycles. The van der Waals surface area contributed by atoms with Gasteiger partial charge in [0.05, 0.1) is 13.7 Å². The lowest BCUT2D eigenvalue weighted by Crippen LogP contribution is -2.55. The first-order valence-corrected chi connectivity index (χ1v) is 11.0. The molecule has 0 aliphatic carbocycles. The SMILES string of the molecule is COc1ccc(CN2C(=O)N(C)C3(CCN(Cc4c[nH]c5ccccc45)CC3)C2=O)cc1. The summed E-state index contributed by atoms with van der Waals surface area (Å²) in [4.78, 5) is 35.2. The average molecular weight is 433 g/mol. The number of methoxy groups -OCH3 is 1. The average Bonchev–Trinajstić information content (AvgIpc) is 3.31. The predicted molar refractivity (Wildman–Crippen MR) is 122 cm³/mol. The lowest BCUT2D eigenvalue weighted by Gasteiger charge is -2.40. The van der Waals surface area contributed by atoms with Gasteiger partial charge in [-0.2, -0.15) is 0 Å². The Morgan fingerprint density at radius 2 is 1.72 bits per heavy atom. The summed E-state index contributed by atoms with van der Waals surface area (Å²) in [7, 11) is 3.38. The van der Waals surface area contributed by atoms with Gasteiger partial charge in [0, 0.05) is 43.8 Å². The second-order valence-electron chi connectivity index (χ2n) is 8.75. The first kappa shape index (κ1) is 20.6. The summed E-state index contributed by atoms with van der Waals surface area (Å²) in [5.41, 5.74) is 2.58. The van der Waals surface area contributed by atoms with E-state index in [9.17, 15) is 9.59 Å². The summed E-state index contributed by atoms with van der Waals surface area (Å²) < 4.78 is 5.20. The molecular formula is C25H28N4O3. The van der Waals surface area contributed by atoms with Crippen LogP contribution in [0.4, 0.5) is 4.79 Å². The Bertz CT molecular complexity index is 1150.